The van der Waals surface area contributed by atoms with Crippen LogP contribution in [0.5, 0.6) is 0 Å². The Labute approximate surface area is 162 Å². The zero-order valence-corrected chi connectivity index (χ0v) is 17.0. The van der Waals surface area contributed by atoms with Gasteiger partial charge in [0.05, 0.1) is 6.42 Å². The second-order valence-corrected chi connectivity index (χ2v) is 7.56. The van der Waals surface area contributed by atoms with Gasteiger partial charge < -0.3 is 14.9 Å². The summed E-state index contributed by atoms with van der Waals surface area (Å²) in [7, 11) is 0. The summed E-state index contributed by atoms with van der Waals surface area (Å²) in [5, 5.41) is 8.96. The minimum absolute atomic E-state index is 0.0145. The quantitative estimate of drug-likeness (QED) is 0.757. The SMILES string of the molecule is CCC(C)N(CCC(=O)O)C(=O)c1ccc(N2CCN(C(C)C)CC2)cc1. The standard InChI is InChI=1S/C21H33N3O3/c1-5-17(4)24(11-10-20(25)26)21(27)18-6-8-19(9-7-18)23-14-12-22(13-15-23)16(2)3/h6-9,16-17H,5,10-15H2,1-4H3,(H,25,26). The summed E-state index contributed by atoms with van der Waals surface area (Å²) in [5.74, 6) is -0.978. The number of carbonyl (C=O) groups is 2. The Balaban J connectivity index is 2.04. The van der Waals surface area contributed by atoms with Gasteiger partial charge in [0.1, 0.15) is 0 Å². The zero-order chi connectivity index (χ0) is 20.0. The average Bonchev–Trinajstić information content (AvgIpc) is 2.67. The molecule has 1 atom stereocenters. The van der Waals surface area contributed by atoms with Gasteiger partial charge in [-0.25, -0.2) is 0 Å². The van der Waals surface area contributed by atoms with E-state index in [1.54, 1.807) is 4.90 Å². The first-order chi connectivity index (χ1) is 12.8. The largest absolute Gasteiger partial charge is 0.481 e. The Morgan fingerprint density at radius 3 is 2.15 bits per heavy atom. The predicted octanol–water partition coefficient (Wildman–Crippen LogP) is 2.93. The summed E-state index contributed by atoms with van der Waals surface area (Å²) in [5.41, 5.74) is 1.75. The molecule has 1 saturated heterocycles. The van der Waals surface area contributed by atoms with E-state index in [4.69, 9.17) is 5.11 Å². The van der Waals surface area contributed by atoms with E-state index in [0.717, 1.165) is 38.3 Å². The maximum atomic E-state index is 12.9. The number of anilines is 1. The van der Waals surface area contributed by atoms with Crippen LogP contribution in [0.4, 0.5) is 5.69 Å². The Kier molecular flexibility index (Phi) is 7.66. The van der Waals surface area contributed by atoms with Crippen molar-refractivity contribution in [2.75, 3.05) is 37.6 Å². The Hall–Kier alpha value is -2.08. The van der Waals surface area contributed by atoms with Gasteiger partial charge in [-0.05, 0) is 51.5 Å². The maximum Gasteiger partial charge on any atom is 0.305 e. The first-order valence-electron chi connectivity index (χ1n) is 9.95. The van der Waals surface area contributed by atoms with Crippen LogP contribution in [0.1, 0.15) is 50.9 Å². The topological polar surface area (TPSA) is 64.1 Å². The monoisotopic (exact) mass is 375 g/mol. The molecule has 0 bridgehead atoms. The summed E-state index contributed by atoms with van der Waals surface area (Å²) in [4.78, 5) is 30.3. The van der Waals surface area contributed by atoms with Crippen molar-refractivity contribution >= 4 is 17.6 Å². The average molecular weight is 376 g/mol. The number of carboxylic acid groups (broad SMARTS) is 1. The summed E-state index contributed by atoms with van der Waals surface area (Å²) in [6.07, 6.45) is 0.762. The highest BCUT2D eigenvalue weighted by molar-refractivity contribution is 5.95. The maximum absolute atomic E-state index is 12.9. The number of nitrogens with zero attached hydrogens (tertiary/aromatic N) is 3. The molecule has 150 valence electrons. The van der Waals surface area contributed by atoms with Gasteiger partial charge in [0.15, 0.2) is 0 Å². The van der Waals surface area contributed by atoms with Crippen LogP contribution in [0.25, 0.3) is 0 Å². The van der Waals surface area contributed by atoms with E-state index in [1.165, 1.54) is 0 Å². The highest BCUT2D eigenvalue weighted by Crippen LogP contribution is 2.20. The molecule has 0 radical (unpaired) electrons. The molecule has 2 rings (SSSR count). The molecule has 6 nitrogen and oxygen atoms in total. The number of amides is 1. The number of carbonyl (C=O) groups excluding carboxylic acids is 1. The molecule has 1 fully saturated rings. The lowest BCUT2D eigenvalue weighted by Gasteiger charge is -2.38. The fourth-order valence-corrected chi connectivity index (χ4v) is 3.44. The lowest BCUT2D eigenvalue weighted by molar-refractivity contribution is -0.137. The highest BCUT2D eigenvalue weighted by Gasteiger charge is 2.22. The fraction of sp³-hybridized carbons (Fsp3) is 0.619. The van der Waals surface area contributed by atoms with Crippen LogP contribution < -0.4 is 4.90 Å². The van der Waals surface area contributed by atoms with Crippen molar-refractivity contribution < 1.29 is 14.7 Å². The van der Waals surface area contributed by atoms with Gasteiger partial charge in [-0.2, -0.15) is 0 Å². The van der Waals surface area contributed by atoms with E-state index in [-0.39, 0.29) is 24.9 Å². The highest BCUT2D eigenvalue weighted by atomic mass is 16.4. The zero-order valence-electron chi connectivity index (χ0n) is 17.0. The third kappa shape index (κ3) is 5.70. The summed E-state index contributed by atoms with van der Waals surface area (Å²) < 4.78 is 0. The van der Waals surface area contributed by atoms with Crippen LogP contribution in [0.15, 0.2) is 24.3 Å². The molecule has 0 saturated carbocycles. The summed E-state index contributed by atoms with van der Waals surface area (Å²) in [6.45, 7) is 12.7. The van der Waals surface area contributed by atoms with E-state index < -0.39 is 5.97 Å². The lowest BCUT2D eigenvalue weighted by atomic mass is 10.1. The van der Waals surface area contributed by atoms with E-state index in [9.17, 15) is 9.59 Å². The van der Waals surface area contributed by atoms with E-state index in [0.29, 0.717) is 11.6 Å². The van der Waals surface area contributed by atoms with Crippen molar-refractivity contribution in [1.29, 1.82) is 0 Å². The van der Waals surface area contributed by atoms with Crippen LogP contribution in [0.3, 0.4) is 0 Å². The Bertz CT molecular complexity index is 622. The molecule has 1 aromatic carbocycles. The van der Waals surface area contributed by atoms with Crippen LogP contribution in [0.2, 0.25) is 0 Å². The van der Waals surface area contributed by atoms with Crippen molar-refractivity contribution in [3.8, 4) is 0 Å². The van der Waals surface area contributed by atoms with Crippen molar-refractivity contribution in [2.24, 2.45) is 0 Å². The molecule has 0 aliphatic carbocycles. The smallest absolute Gasteiger partial charge is 0.305 e. The molecule has 27 heavy (non-hydrogen) atoms. The molecular formula is C21H33N3O3. The van der Waals surface area contributed by atoms with Crippen LogP contribution in [-0.4, -0.2) is 71.6 Å². The third-order valence-corrected chi connectivity index (χ3v) is 5.47. The molecule has 6 heteroatoms. The lowest BCUT2D eigenvalue weighted by Crippen LogP contribution is -2.48. The van der Waals surface area contributed by atoms with Crippen molar-refractivity contribution in [1.82, 2.24) is 9.80 Å². The van der Waals surface area contributed by atoms with Crippen molar-refractivity contribution in [2.45, 2.75) is 52.6 Å². The molecule has 1 unspecified atom stereocenters. The number of hydrogen-bond acceptors (Lipinski definition) is 4. The van der Waals surface area contributed by atoms with E-state index >= 15 is 0 Å². The summed E-state index contributed by atoms with van der Waals surface area (Å²) >= 11 is 0. The van der Waals surface area contributed by atoms with Crippen molar-refractivity contribution in [3.63, 3.8) is 0 Å². The van der Waals surface area contributed by atoms with Crippen molar-refractivity contribution in [3.05, 3.63) is 29.8 Å². The van der Waals surface area contributed by atoms with Gasteiger partial charge in [0, 0.05) is 56.1 Å². The second kappa shape index (κ2) is 9.74. The number of hydrogen-bond donors (Lipinski definition) is 1. The predicted molar refractivity (Wildman–Crippen MR) is 108 cm³/mol. The number of rotatable bonds is 8. The Morgan fingerprint density at radius 1 is 1.07 bits per heavy atom. The van der Waals surface area contributed by atoms with Gasteiger partial charge >= 0.3 is 5.97 Å². The number of benzene rings is 1. The first kappa shape index (κ1) is 21.2. The number of aliphatic carboxylic acids is 1. The van der Waals surface area contributed by atoms with Gasteiger partial charge in [-0.3, -0.25) is 14.5 Å². The Morgan fingerprint density at radius 2 is 1.67 bits per heavy atom. The minimum Gasteiger partial charge on any atom is -0.481 e. The molecule has 1 amide bonds. The van der Waals surface area contributed by atoms with E-state index in [1.807, 2.05) is 38.1 Å². The molecule has 1 heterocycles. The molecule has 1 aliphatic rings. The molecule has 1 aliphatic heterocycles. The van der Waals surface area contributed by atoms with Gasteiger partial charge in [0.25, 0.3) is 5.91 Å². The first-order valence-corrected chi connectivity index (χ1v) is 9.95. The van der Waals surface area contributed by atoms with Gasteiger partial charge in [-0.1, -0.05) is 6.92 Å². The van der Waals surface area contributed by atoms with Crippen LogP contribution in [0, 0.1) is 0 Å². The summed E-state index contributed by atoms with van der Waals surface area (Å²) in [6, 6.07) is 8.32. The van der Waals surface area contributed by atoms with Gasteiger partial charge in [-0.15, -0.1) is 0 Å². The number of piperazine rings is 1. The third-order valence-electron chi connectivity index (χ3n) is 5.47. The number of carboxylic acids is 1. The van der Waals surface area contributed by atoms with E-state index in [2.05, 4.69) is 23.6 Å². The molecule has 0 spiro atoms. The normalized spacial score (nSPS) is 16.4. The van der Waals surface area contributed by atoms with Gasteiger partial charge in [0.2, 0.25) is 0 Å². The fourth-order valence-electron chi connectivity index (χ4n) is 3.44. The minimum atomic E-state index is -0.882. The van der Waals surface area contributed by atoms with Crippen LogP contribution in [-0.2, 0) is 4.79 Å². The molecule has 0 aromatic heterocycles. The molecular weight excluding hydrogens is 342 g/mol. The van der Waals surface area contributed by atoms with Crippen LogP contribution >= 0.6 is 0 Å². The second-order valence-electron chi connectivity index (χ2n) is 7.56. The molecule has 1 N–H and O–H groups in total. The molecule has 1 aromatic rings.